The van der Waals surface area contributed by atoms with Gasteiger partial charge in [-0.15, -0.1) is 0 Å². The van der Waals surface area contributed by atoms with Crippen LogP contribution in [0.1, 0.15) is 41.4 Å². The van der Waals surface area contributed by atoms with Gasteiger partial charge in [-0.2, -0.15) is 0 Å². The van der Waals surface area contributed by atoms with Crippen LogP contribution in [0.5, 0.6) is 0 Å². The number of hydrogen-bond donors (Lipinski definition) is 2. The molecule has 0 spiro atoms. The van der Waals surface area contributed by atoms with Gasteiger partial charge in [0.2, 0.25) is 0 Å². The minimum Gasteiger partial charge on any atom is -0.469 e. The molecular formula is C23H31N5O2. The zero-order chi connectivity index (χ0) is 20.9. The van der Waals surface area contributed by atoms with Crippen molar-refractivity contribution in [1.29, 1.82) is 0 Å². The van der Waals surface area contributed by atoms with Gasteiger partial charge in [0, 0.05) is 62.3 Å². The maximum absolute atomic E-state index is 11.9. The number of fused-ring (bicyclic) bond motifs is 1. The third kappa shape index (κ3) is 5.15. The van der Waals surface area contributed by atoms with Crippen molar-refractivity contribution >= 4 is 11.8 Å². The highest BCUT2D eigenvalue weighted by Gasteiger charge is 2.30. The molecule has 2 aliphatic heterocycles. The van der Waals surface area contributed by atoms with Crippen molar-refractivity contribution in [3.63, 3.8) is 0 Å². The Kier molecular flexibility index (Phi) is 6.59. The standard InChI is InChI=1S/C23H31N5O2/c1-16-5-6-18(13-25-16)21(12-22(29)30-2)26-20-14-28(15-20)11-9-19-8-7-17-4-3-10-24-23(17)27-19/h5-8,13,20-21,26H,3-4,9-12,14-15H2,1-2H3,(H,24,27)/t21-/m0/s1. The molecule has 2 aromatic heterocycles. The Hall–Kier alpha value is -2.51. The van der Waals surface area contributed by atoms with Crippen LogP contribution in [0.4, 0.5) is 5.82 Å². The number of likely N-dealkylation sites (tertiary alicyclic amines) is 1. The average Bonchev–Trinajstić information content (AvgIpc) is 2.74. The number of anilines is 1. The minimum absolute atomic E-state index is 0.0777. The van der Waals surface area contributed by atoms with E-state index in [9.17, 15) is 4.79 Å². The van der Waals surface area contributed by atoms with Crippen LogP contribution >= 0.6 is 0 Å². The molecule has 1 atom stereocenters. The first-order valence-electron chi connectivity index (χ1n) is 10.8. The lowest BCUT2D eigenvalue weighted by Crippen LogP contribution is -2.59. The van der Waals surface area contributed by atoms with Crippen molar-refractivity contribution in [3.05, 3.63) is 53.0 Å². The van der Waals surface area contributed by atoms with Gasteiger partial charge >= 0.3 is 5.97 Å². The van der Waals surface area contributed by atoms with Gasteiger partial charge in [0.25, 0.3) is 0 Å². The Bertz CT molecular complexity index is 864. The minimum atomic E-state index is -0.212. The van der Waals surface area contributed by atoms with E-state index in [2.05, 4.69) is 32.7 Å². The summed E-state index contributed by atoms with van der Waals surface area (Å²) in [6.07, 6.45) is 5.42. The van der Waals surface area contributed by atoms with Crippen LogP contribution in [0.2, 0.25) is 0 Å². The number of nitrogens with one attached hydrogen (secondary N) is 2. The lowest BCUT2D eigenvalue weighted by molar-refractivity contribution is -0.141. The smallest absolute Gasteiger partial charge is 0.307 e. The average molecular weight is 410 g/mol. The van der Waals surface area contributed by atoms with Crippen LogP contribution in [0.15, 0.2) is 30.5 Å². The normalized spacial score (nSPS) is 17.5. The summed E-state index contributed by atoms with van der Waals surface area (Å²) >= 11 is 0. The summed E-state index contributed by atoms with van der Waals surface area (Å²) in [7, 11) is 1.43. The fourth-order valence-corrected chi connectivity index (χ4v) is 4.13. The van der Waals surface area contributed by atoms with Crippen molar-refractivity contribution in [3.8, 4) is 0 Å². The number of aromatic nitrogens is 2. The Balaban J connectivity index is 1.27. The van der Waals surface area contributed by atoms with Gasteiger partial charge in [-0.3, -0.25) is 14.7 Å². The molecule has 2 aliphatic rings. The lowest BCUT2D eigenvalue weighted by atomic mass is 10.0. The Labute approximate surface area is 178 Å². The number of rotatable bonds is 8. The first-order chi connectivity index (χ1) is 14.6. The summed E-state index contributed by atoms with van der Waals surface area (Å²) in [4.78, 5) is 23.5. The second-order valence-electron chi connectivity index (χ2n) is 8.28. The largest absolute Gasteiger partial charge is 0.469 e. The Morgan fingerprint density at radius 2 is 2.20 bits per heavy atom. The molecule has 1 fully saturated rings. The van der Waals surface area contributed by atoms with Crippen molar-refractivity contribution in [2.24, 2.45) is 0 Å². The predicted octanol–water partition coefficient (Wildman–Crippen LogP) is 2.26. The van der Waals surface area contributed by atoms with Crippen LogP contribution in [0.3, 0.4) is 0 Å². The van der Waals surface area contributed by atoms with Gasteiger partial charge in [-0.05, 0) is 43.0 Å². The molecule has 0 unspecified atom stereocenters. The zero-order valence-corrected chi connectivity index (χ0v) is 17.9. The van der Waals surface area contributed by atoms with E-state index in [0.29, 0.717) is 12.5 Å². The van der Waals surface area contributed by atoms with Gasteiger partial charge < -0.3 is 15.4 Å². The van der Waals surface area contributed by atoms with Crippen LogP contribution in [0.25, 0.3) is 0 Å². The third-order valence-corrected chi connectivity index (χ3v) is 5.97. The molecule has 7 nitrogen and oxygen atoms in total. The maximum Gasteiger partial charge on any atom is 0.307 e. The highest BCUT2D eigenvalue weighted by Crippen LogP contribution is 2.22. The summed E-state index contributed by atoms with van der Waals surface area (Å²) in [5.41, 5.74) is 4.47. The molecule has 30 heavy (non-hydrogen) atoms. The molecule has 4 rings (SSSR count). The molecule has 0 aromatic carbocycles. The fourth-order valence-electron chi connectivity index (χ4n) is 4.13. The van der Waals surface area contributed by atoms with Crippen molar-refractivity contribution in [2.45, 2.75) is 44.7 Å². The number of methoxy groups -OCH3 is 1. The van der Waals surface area contributed by atoms with E-state index >= 15 is 0 Å². The molecule has 0 amide bonds. The summed E-state index contributed by atoms with van der Waals surface area (Å²) in [6.45, 7) is 5.92. The Morgan fingerprint density at radius 1 is 1.33 bits per heavy atom. The molecule has 4 heterocycles. The number of pyridine rings is 2. The number of ether oxygens (including phenoxy) is 1. The summed E-state index contributed by atoms with van der Waals surface area (Å²) in [6, 6.07) is 8.68. The summed E-state index contributed by atoms with van der Waals surface area (Å²) in [5, 5.41) is 7.02. The van der Waals surface area contributed by atoms with E-state index in [0.717, 1.165) is 61.8 Å². The zero-order valence-electron chi connectivity index (χ0n) is 17.9. The van der Waals surface area contributed by atoms with Gasteiger partial charge in [-0.25, -0.2) is 4.98 Å². The third-order valence-electron chi connectivity index (χ3n) is 5.97. The highest BCUT2D eigenvalue weighted by atomic mass is 16.5. The second kappa shape index (κ2) is 9.53. The SMILES string of the molecule is COC(=O)C[C@H](NC1CN(CCc2ccc3c(n2)NCCC3)C1)c1ccc(C)nc1. The van der Waals surface area contributed by atoms with Crippen LogP contribution < -0.4 is 10.6 Å². The molecule has 1 saturated heterocycles. The predicted molar refractivity (Wildman–Crippen MR) is 116 cm³/mol. The molecule has 0 saturated carbocycles. The quantitative estimate of drug-likeness (QED) is 0.648. The molecule has 0 radical (unpaired) electrons. The number of carbonyl (C=O) groups is 1. The Morgan fingerprint density at radius 3 is 2.97 bits per heavy atom. The van der Waals surface area contributed by atoms with E-state index in [1.165, 1.54) is 19.1 Å². The van der Waals surface area contributed by atoms with E-state index in [1.807, 2.05) is 25.3 Å². The van der Waals surface area contributed by atoms with Gasteiger partial charge in [0.15, 0.2) is 0 Å². The number of nitrogens with zero attached hydrogens (tertiary/aromatic N) is 3. The maximum atomic E-state index is 11.9. The van der Waals surface area contributed by atoms with E-state index in [1.54, 1.807) is 0 Å². The molecule has 2 N–H and O–H groups in total. The van der Waals surface area contributed by atoms with Gasteiger partial charge in [0.05, 0.1) is 13.5 Å². The summed E-state index contributed by atoms with van der Waals surface area (Å²) < 4.78 is 4.89. The fraction of sp³-hybridized carbons (Fsp3) is 0.522. The highest BCUT2D eigenvalue weighted by molar-refractivity contribution is 5.70. The van der Waals surface area contributed by atoms with Gasteiger partial charge in [0.1, 0.15) is 5.82 Å². The monoisotopic (exact) mass is 409 g/mol. The van der Waals surface area contributed by atoms with E-state index in [-0.39, 0.29) is 12.0 Å². The molecule has 0 aliphatic carbocycles. The number of carbonyl (C=O) groups excluding carboxylic acids is 1. The lowest BCUT2D eigenvalue weighted by Gasteiger charge is -2.41. The molecular weight excluding hydrogens is 378 g/mol. The van der Waals surface area contributed by atoms with Crippen molar-refractivity contribution in [2.75, 3.05) is 38.6 Å². The van der Waals surface area contributed by atoms with Gasteiger partial charge in [-0.1, -0.05) is 12.1 Å². The summed E-state index contributed by atoms with van der Waals surface area (Å²) in [5.74, 6) is 0.857. The molecule has 160 valence electrons. The molecule has 7 heteroatoms. The number of hydrogen-bond acceptors (Lipinski definition) is 7. The molecule has 0 bridgehead atoms. The van der Waals surface area contributed by atoms with E-state index < -0.39 is 0 Å². The molecule has 2 aromatic rings. The van der Waals surface area contributed by atoms with E-state index in [4.69, 9.17) is 9.72 Å². The van der Waals surface area contributed by atoms with Crippen molar-refractivity contribution in [1.82, 2.24) is 20.2 Å². The van der Waals surface area contributed by atoms with Crippen LogP contribution in [-0.2, 0) is 22.4 Å². The number of aryl methyl sites for hydroxylation is 2. The van der Waals surface area contributed by atoms with Crippen LogP contribution in [-0.4, -0.2) is 60.2 Å². The first-order valence-corrected chi connectivity index (χ1v) is 10.8. The van der Waals surface area contributed by atoms with Crippen LogP contribution in [0, 0.1) is 6.92 Å². The second-order valence-corrected chi connectivity index (χ2v) is 8.28. The first kappa shape index (κ1) is 20.8. The number of esters is 1. The van der Waals surface area contributed by atoms with Crippen molar-refractivity contribution < 1.29 is 9.53 Å². The topological polar surface area (TPSA) is 79.4 Å².